The SMILES string of the molecule is O=C(CCCCCBr)Nc1ccccc1F. The third kappa shape index (κ3) is 4.75. The van der Waals surface area contributed by atoms with E-state index >= 15 is 0 Å². The molecule has 16 heavy (non-hydrogen) atoms. The third-order valence-electron chi connectivity index (χ3n) is 2.19. The molecule has 0 aromatic heterocycles. The van der Waals surface area contributed by atoms with Gasteiger partial charge >= 0.3 is 0 Å². The van der Waals surface area contributed by atoms with Crippen molar-refractivity contribution < 1.29 is 9.18 Å². The van der Waals surface area contributed by atoms with Crippen LogP contribution in [-0.2, 0) is 4.79 Å². The number of carbonyl (C=O) groups is 1. The van der Waals surface area contributed by atoms with Crippen LogP contribution in [0.15, 0.2) is 24.3 Å². The largest absolute Gasteiger partial charge is 0.324 e. The van der Waals surface area contributed by atoms with Crippen molar-refractivity contribution in [2.24, 2.45) is 0 Å². The van der Waals surface area contributed by atoms with Gasteiger partial charge in [-0.15, -0.1) is 0 Å². The number of hydrogen-bond donors (Lipinski definition) is 1. The summed E-state index contributed by atoms with van der Waals surface area (Å²) in [5.41, 5.74) is 0.257. The molecule has 0 heterocycles. The number of anilines is 1. The van der Waals surface area contributed by atoms with Crippen molar-refractivity contribution in [1.29, 1.82) is 0 Å². The fourth-order valence-corrected chi connectivity index (χ4v) is 1.73. The van der Waals surface area contributed by atoms with Gasteiger partial charge < -0.3 is 5.32 Å². The van der Waals surface area contributed by atoms with E-state index in [9.17, 15) is 9.18 Å². The second-order valence-corrected chi connectivity index (χ2v) is 4.32. The van der Waals surface area contributed by atoms with E-state index in [2.05, 4.69) is 21.2 Å². The normalized spacial score (nSPS) is 10.1. The molecule has 0 bridgehead atoms. The van der Waals surface area contributed by atoms with Gasteiger partial charge in [0.05, 0.1) is 5.69 Å². The van der Waals surface area contributed by atoms with Gasteiger partial charge in [-0.3, -0.25) is 4.79 Å². The molecule has 0 saturated heterocycles. The fourth-order valence-electron chi connectivity index (χ4n) is 1.33. The molecule has 1 aromatic rings. The van der Waals surface area contributed by atoms with Crippen LogP contribution in [0, 0.1) is 5.82 Å². The van der Waals surface area contributed by atoms with Crippen LogP contribution in [0.5, 0.6) is 0 Å². The Bertz CT molecular complexity index is 344. The number of halogens is 2. The maximum absolute atomic E-state index is 13.2. The lowest BCUT2D eigenvalue weighted by Crippen LogP contribution is -2.12. The Kier molecular flexibility index (Phi) is 6.08. The summed E-state index contributed by atoms with van der Waals surface area (Å²) in [7, 11) is 0. The van der Waals surface area contributed by atoms with E-state index in [1.54, 1.807) is 18.2 Å². The molecule has 0 fully saturated rings. The summed E-state index contributed by atoms with van der Waals surface area (Å²) >= 11 is 3.33. The third-order valence-corrected chi connectivity index (χ3v) is 2.75. The summed E-state index contributed by atoms with van der Waals surface area (Å²) in [4.78, 5) is 11.4. The lowest BCUT2D eigenvalue weighted by atomic mass is 10.2. The van der Waals surface area contributed by atoms with Gasteiger partial charge in [0.15, 0.2) is 0 Å². The van der Waals surface area contributed by atoms with E-state index in [0.717, 1.165) is 24.6 Å². The maximum atomic E-state index is 13.2. The zero-order valence-corrected chi connectivity index (χ0v) is 10.6. The molecule has 0 unspecified atom stereocenters. The van der Waals surface area contributed by atoms with Crippen molar-refractivity contribution in [3.8, 4) is 0 Å². The number of benzene rings is 1. The van der Waals surface area contributed by atoms with E-state index < -0.39 is 5.82 Å². The summed E-state index contributed by atoms with van der Waals surface area (Å²) in [5, 5.41) is 3.52. The molecule has 0 aliphatic carbocycles. The predicted molar refractivity (Wildman–Crippen MR) is 67.3 cm³/mol. The highest BCUT2D eigenvalue weighted by Crippen LogP contribution is 2.13. The molecule has 1 rings (SSSR count). The van der Waals surface area contributed by atoms with Crippen LogP contribution in [0.3, 0.4) is 0 Å². The van der Waals surface area contributed by atoms with Crippen molar-refractivity contribution >= 4 is 27.5 Å². The van der Waals surface area contributed by atoms with Crippen LogP contribution in [0.1, 0.15) is 25.7 Å². The first kappa shape index (κ1) is 13.2. The molecule has 0 spiro atoms. The summed E-state index contributed by atoms with van der Waals surface area (Å²) < 4.78 is 13.2. The van der Waals surface area contributed by atoms with Gasteiger partial charge in [-0.1, -0.05) is 34.5 Å². The van der Waals surface area contributed by atoms with Gasteiger partial charge in [0.1, 0.15) is 5.82 Å². The quantitative estimate of drug-likeness (QED) is 0.627. The van der Waals surface area contributed by atoms with Gasteiger partial charge in [0.2, 0.25) is 5.91 Å². The van der Waals surface area contributed by atoms with Gasteiger partial charge in [-0.2, -0.15) is 0 Å². The minimum absolute atomic E-state index is 0.125. The molecule has 88 valence electrons. The molecule has 0 aliphatic rings. The van der Waals surface area contributed by atoms with E-state index in [4.69, 9.17) is 0 Å². The van der Waals surface area contributed by atoms with Crippen LogP contribution in [-0.4, -0.2) is 11.2 Å². The first-order chi connectivity index (χ1) is 7.74. The van der Waals surface area contributed by atoms with Crippen LogP contribution in [0.25, 0.3) is 0 Å². The van der Waals surface area contributed by atoms with Crippen LogP contribution in [0.4, 0.5) is 10.1 Å². The summed E-state index contributed by atoms with van der Waals surface area (Å²) in [6.07, 6.45) is 3.36. The van der Waals surface area contributed by atoms with E-state index in [0.29, 0.717) is 6.42 Å². The topological polar surface area (TPSA) is 29.1 Å². The van der Waals surface area contributed by atoms with Crippen LogP contribution >= 0.6 is 15.9 Å². The zero-order chi connectivity index (χ0) is 11.8. The number of para-hydroxylation sites is 1. The fraction of sp³-hybridized carbons (Fsp3) is 0.417. The molecule has 0 radical (unpaired) electrons. The number of alkyl halides is 1. The number of carbonyl (C=O) groups excluding carboxylic acids is 1. The smallest absolute Gasteiger partial charge is 0.224 e. The van der Waals surface area contributed by atoms with Gasteiger partial charge in [0, 0.05) is 11.8 Å². The predicted octanol–water partition coefficient (Wildman–Crippen LogP) is 3.72. The lowest BCUT2D eigenvalue weighted by molar-refractivity contribution is -0.116. The molecule has 1 aromatic carbocycles. The molecule has 0 saturated carbocycles. The van der Waals surface area contributed by atoms with Crippen molar-refractivity contribution in [3.05, 3.63) is 30.1 Å². The van der Waals surface area contributed by atoms with Gasteiger partial charge in [-0.25, -0.2) is 4.39 Å². The van der Waals surface area contributed by atoms with Crippen LogP contribution in [0.2, 0.25) is 0 Å². The average molecular weight is 288 g/mol. The molecular weight excluding hydrogens is 273 g/mol. The number of rotatable bonds is 6. The highest BCUT2D eigenvalue weighted by molar-refractivity contribution is 9.09. The first-order valence-electron chi connectivity index (χ1n) is 5.34. The molecule has 1 amide bonds. The molecule has 0 atom stereocenters. The second-order valence-electron chi connectivity index (χ2n) is 3.53. The Labute approximate surface area is 103 Å². The molecular formula is C12H15BrFNO. The number of nitrogens with one attached hydrogen (secondary N) is 1. The van der Waals surface area contributed by atoms with E-state index in [1.165, 1.54) is 6.07 Å². The van der Waals surface area contributed by atoms with Crippen molar-refractivity contribution in [2.45, 2.75) is 25.7 Å². The first-order valence-corrected chi connectivity index (χ1v) is 6.46. The number of unbranched alkanes of at least 4 members (excludes halogenated alkanes) is 2. The number of amides is 1. The standard InChI is InChI=1S/C12H15BrFNO/c13-9-5-1-2-8-12(16)15-11-7-4-3-6-10(11)14/h3-4,6-7H,1-2,5,8-9H2,(H,15,16). The Morgan fingerprint density at radius 2 is 2.00 bits per heavy atom. The molecule has 2 nitrogen and oxygen atoms in total. The number of hydrogen-bond acceptors (Lipinski definition) is 1. The summed E-state index contributed by atoms with van der Waals surface area (Å²) in [6.45, 7) is 0. The Balaban J connectivity index is 2.32. The highest BCUT2D eigenvalue weighted by Gasteiger charge is 2.05. The average Bonchev–Trinajstić information content (AvgIpc) is 2.28. The molecule has 4 heteroatoms. The van der Waals surface area contributed by atoms with E-state index in [1.807, 2.05) is 0 Å². The van der Waals surface area contributed by atoms with Gasteiger partial charge in [-0.05, 0) is 25.0 Å². The maximum Gasteiger partial charge on any atom is 0.224 e. The highest BCUT2D eigenvalue weighted by atomic mass is 79.9. The van der Waals surface area contributed by atoms with E-state index in [-0.39, 0.29) is 11.6 Å². The van der Waals surface area contributed by atoms with Crippen molar-refractivity contribution in [1.82, 2.24) is 0 Å². The Morgan fingerprint density at radius 1 is 1.25 bits per heavy atom. The second kappa shape index (κ2) is 7.39. The molecule has 1 N–H and O–H groups in total. The Morgan fingerprint density at radius 3 is 2.69 bits per heavy atom. The van der Waals surface area contributed by atoms with Crippen LogP contribution < -0.4 is 5.32 Å². The summed E-state index contributed by atoms with van der Waals surface area (Å²) in [5.74, 6) is -0.518. The minimum atomic E-state index is -0.392. The lowest BCUT2D eigenvalue weighted by Gasteiger charge is -2.05. The van der Waals surface area contributed by atoms with Gasteiger partial charge in [0.25, 0.3) is 0 Å². The Hall–Kier alpha value is -0.900. The summed E-state index contributed by atoms with van der Waals surface area (Å²) in [6, 6.07) is 6.19. The monoisotopic (exact) mass is 287 g/mol. The minimum Gasteiger partial charge on any atom is -0.324 e. The zero-order valence-electron chi connectivity index (χ0n) is 9.01. The molecule has 0 aliphatic heterocycles. The van der Waals surface area contributed by atoms with Crippen molar-refractivity contribution in [2.75, 3.05) is 10.6 Å². The van der Waals surface area contributed by atoms with Crippen molar-refractivity contribution in [3.63, 3.8) is 0 Å².